The first kappa shape index (κ1) is 10.7. The van der Waals surface area contributed by atoms with Crippen LogP contribution in [0.25, 0.3) is 0 Å². The van der Waals surface area contributed by atoms with E-state index in [-0.39, 0.29) is 6.10 Å². The molecule has 0 spiro atoms. The third-order valence-electron chi connectivity index (χ3n) is 3.22. The lowest BCUT2D eigenvalue weighted by Crippen LogP contribution is -2.45. The molecule has 1 aromatic rings. The maximum atomic E-state index is 10.4. The van der Waals surface area contributed by atoms with Crippen molar-refractivity contribution in [2.75, 3.05) is 7.11 Å². The molecule has 0 saturated heterocycles. The minimum atomic E-state index is -0.655. The highest BCUT2D eigenvalue weighted by Gasteiger charge is 2.44. The molecule has 0 aromatic heterocycles. The van der Waals surface area contributed by atoms with Crippen molar-refractivity contribution in [3.05, 3.63) is 34.9 Å². The number of methoxy groups -OCH3 is 1. The molecule has 82 valence electrons. The summed E-state index contributed by atoms with van der Waals surface area (Å²) in [5.74, 6) is 0. The molecular weight excluding hydrogens is 188 g/mol. The van der Waals surface area contributed by atoms with E-state index in [0.29, 0.717) is 12.8 Å². The van der Waals surface area contributed by atoms with Crippen molar-refractivity contribution in [3.8, 4) is 0 Å². The van der Waals surface area contributed by atoms with E-state index in [2.05, 4.69) is 32.0 Å². The van der Waals surface area contributed by atoms with E-state index in [0.717, 1.165) is 5.56 Å². The Balaban J connectivity index is 2.23. The molecule has 1 aliphatic rings. The van der Waals surface area contributed by atoms with E-state index >= 15 is 0 Å². The Hall–Kier alpha value is -0.860. The molecule has 2 nitrogen and oxygen atoms in total. The molecule has 1 N–H and O–H groups in total. The molecule has 2 heteroatoms. The number of ether oxygens (including phenoxy) is 1. The second-order valence-corrected chi connectivity index (χ2v) is 4.67. The van der Waals surface area contributed by atoms with Crippen molar-refractivity contribution < 1.29 is 9.84 Å². The third kappa shape index (κ3) is 1.92. The van der Waals surface area contributed by atoms with Gasteiger partial charge in [0.15, 0.2) is 0 Å². The molecule has 1 aromatic carbocycles. The molecule has 0 heterocycles. The Morgan fingerprint density at radius 2 is 1.73 bits per heavy atom. The van der Waals surface area contributed by atoms with Crippen LogP contribution in [0.4, 0.5) is 0 Å². The van der Waals surface area contributed by atoms with Crippen molar-refractivity contribution in [1.29, 1.82) is 0 Å². The van der Waals surface area contributed by atoms with Gasteiger partial charge in [0.05, 0.1) is 11.7 Å². The quantitative estimate of drug-likeness (QED) is 0.804. The van der Waals surface area contributed by atoms with Crippen LogP contribution in [-0.4, -0.2) is 18.3 Å². The Morgan fingerprint density at radius 1 is 1.20 bits per heavy atom. The fourth-order valence-electron chi connectivity index (χ4n) is 2.34. The van der Waals surface area contributed by atoms with E-state index in [1.165, 1.54) is 11.1 Å². The first-order valence-corrected chi connectivity index (χ1v) is 5.37. The average Bonchev–Trinajstić information content (AvgIpc) is 2.11. The number of hydrogen-bond donors (Lipinski definition) is 1. The summed E-state index contributed by atoms with van der Waals surface area (Å²) < 4.78 is 5.20. The maximum Gasteiger partial charge on any atom is 0.0946 e. The van der Waals surface area contributed by atoms with Crippen LogP contribution in [0.15, 0.2) is 18.2 Å². The zero-order valence-electron chi connectivity index (χ0n) is 9.58. The van der Waals surface area contributed by atoms with Crippen LogP contribution >= 0.6 is 0 Å². The lowest BCUT2D eigenvalue weighted by molar-refractivity contribution is -0.133. The van der Waals surface area contributed by atoms with Gasteiger partial charge >= 0.3 is 0 Å². The average molecular weight is 206 g/mol. The summed E-state index contributed by atoms with van der Waals surface area (Å²) in [5.41, 5.74) is 2.80. The predicted molar refractivity (Wildman–Crippen MR) is 59.8 cm³/mol. The topological polar surface area (TPSA) is 29.5 Å². The van der Waals surface area contributed by atoms with Crippen molar-refractivity contribution in [2.45, 2.75) is 38.4 Å². The van der Waals surface area contributed by atoms with Crippen LogP contribution in [0.2, 0.25) is 0 Å². The number of hydrogen-bond acceptors (Lipinski definition) is 2. The summed E-state index contributed by atoms with van der Waals surface area (Å²) >= 11 is 0. The Morgan fingerprint density at radius 3 is 2.20 bits per heavy atom. The van der Waals surface area contributed by atoms with Crippen LogP contribution in [0, 0.1) is 13.8 Å². The molecule has 1 aliphatic carbocycles. The molecule has 1 saturated carbocycles. The maximum absolute atomic E-state index is 10.4. The molecule has 1 fully saturated rings. The van der Waals surface area contributed by atoms with E-state index in [9.17, 15) is 5.11 Å². The zero-order chi connectivity index (χ0) is 11.1. The number of rotatable bonds is 2. The summed E-state index contributed by atoms with van der Waals surface area (Å²) in [7, 11) is 1.70. The molecule has 0 atom stereocenters. The van der Waals surface area contributed by atoms with E-state index in [4.69, 9.17) is 4.74 Å². The van der Waals surface area contributed by atoms with Crippen molar-refractivity contribution in [1.82, 2.24) is 0 Å². The van der Waals surface area contributed by atoms with Gasteiger partial charge in [0.25, 0.3) is 0 Å². The smallest absolute Gasteiger partial charge is 0.0946 e. The predicted octanol–water partition coefficient (Wildman–Crippen LogP) is 2.30. The van der Waals surface area contributed by atoms with Crippen LogP contribution < -0.4 is 0 Å². The largest absolute Gasteiger partial charge is 0.385 e. The van der Waals surface area contributed by atoms with Crippen LogP contribution in [-0.2, 0) is 10.3 Å². The normalized spacial score (nSPS) is 30.0. The lowest BCUT2D eigenvalue weighted by atomic mass is 9.72. The van der Waals surface area contributed by atoms with Crippen molar-refractivity contribution in [3.63, 3.8) is 0 Å². The fraction of sp³-hybridized carbons (Fsp3) is 0.538. The Kier molecular flexibility index (Phi) is 2.57. The van der Waals surface area contributed by atoms with Gasteiger partial charge in [0.1, 0.15) is 0 Å². The van der Waals surface area contributed by atoms with Crippen molar-refractivity contribution in [2.24, 2.45) is 0 Å². The summed E-state index contributed by atoms with van der Waals surface area (Å²) in [5, 5.41) is 10.4. The highest BCUT2D eigenvalue weighted by atomic mass is 16.5. The standard InChI is InChI=1S/C13H18O2/c1-9-4-10(2)6-11(5-9)13(14)7-12(8-13)15-3/h4-6,12,14H,7-8H2,1-3H3. The molecule has 0 radical (unpaired) electrons. The highest BCUT2D eigenvalue weighted by Crippen LogP contribution is 2.43. The van der Waals surface area contributed by atoms with E-state index < -0.39 is 5.60 Å². The SMILES string of the molecule is COC1CC(O)(c2cc(C)cc(C)c2)C1. The molecule has 15 heavy (non-hydrogen) atoms. The van der Waals surface area contributed by atoms with Gasteiger partial charge in [-0.2, -0.15) is 0 Å². The summed E-state index contributed by atoms with van der Waals surface area (Å²) in [4.78, 5) is 0. The number of aliphatic hydroxyl groups is 1. The second-order valence-electron chi connectivity index (χ2n) is 4.67. The van der Waals surface area contributed by atoms with Gasteiger partial charge in [0.2, 0.25) is 0 Å². The molecule has 0 unspecified atom stereocenters. The second kappa shape index (κ2) is 3.62. The van der Waals surface area contributed by atoms with Gasteiger partial charge in [-0.1, -0.05) is 29.3 Å². The Labute approximate surface area is 90.9 Å². The van der Waals surface area contributed by atoms with Gasteiger partial charge in [-0.3, -0.25) is 0 Å². The first-order valence-electron chi connectivity index (χ1n) is 5.37. The molecule has 0 amide bonds. The molecule has 2 rings (SSSR count). The van der Waals surface area contributed by atoms with Crippen LogP contribution in [0.3, 0.4) is 0 Å². The van der Waals surface area contributed by atoms with Crippen LogP contribution in [0.5, 0.6) is 0 Å². The lowest BCUT2D eigenvalue weighted by Gasteiger charge is -2.43. The number of aryl methyl sites for hydroxylation is 2. The van der Waals surface area contributed by atoms with E-state index in [1.54, 1.807) is 7.11 Å². The summed E-state index contributed by atoms with van der Waals surface area (Å²) in [6.45, 7) is 4.12. The molecule has 0 aliphatic heterocycles. The highest BCUT2D eigenvalue weighted by molar-refractivity contribution is 5.34. The van der Waals surface area contributed by atoms with Crippen molar-refractivity contribution >= 4 is 0 Å². The first-order chi connectivity index (χ1) is 7.03. The summed E-state index contributed by atoms with van der Waals surface area (Å²) in [6.07, 6.45) is 1.65. The van der Waals surface area contributed by atoms with E-state index in [1.807, 2.05) is 0 Å². The zero-order valence-corrected chi connectivity index (χ0v) is 9.58. The third-order valence-corrected chi connectivity index (χ3v) is 3.22. The molecule has 0 bridgehead atoms. The number of benzene rings is 1. The van der Waals surface area contributed by atoms with Gasteiger partial charge in [-0.25, -0.2) is 0 Å². The van der Waals surface area contributed by atoms with Gasteiger partial charge < -0.3 is 9.84 Å². The van der Waals surface area contributed by atoms with Gasteiger partial charge in [-0.15, -0.1) is 0 Å². The summed E-state index contributed by atoms with van der Waals surface area (Å²) in [6, 6.07) is 6.26. The van der Waals surface area contributed by atoms with Crippen LogP contribution in [0.1, 0.15) is 29.5 Å². The monoisotopic (exact) mass is 206 g/mol. The molecular formula is C13H18O2. The van der Waals surface area contributed by atoms with Gasteiger partial charge in [-0.05, 0) is 19.4 Å². The fourth-order valence-corrected chi connectivity index (χ4v) is 2.34. The Bertz CT molecular complexity index is 345. The minimum absolute atomic E-state index is 0.218. The minimum Gasteiger partial charge on any atom is -0.385 e. The van der Waals surface area contributed by atoms with Gasteiger partial charge in [0, 0.05) is 20.0 Å².